The van der Waals surface area contributed by atoms with Gasteiger partial charge in [0.1, 0.15) is 17.8 Å². The van der Waals surface area contributed by atoms with Gasteiger partial charge in [-0.05, 0) is 80.5 Å². The summed E-state index contributed by atoms with van der Waals surface area (Å²) in [5.41, 5.74) is 3.41. The maximum atomic E-state index is 11.9. The van der Waals surface area contributed by atoms with Gasteiger partial charge in [0.25, 0.3) is 0 Å². The third kappa shape index (κ3) is 9.68. The third-order valence-corrected chi connectivity index (χ3v) is 6.18. The van der Waals surface area contributed by atoms with Crippen molar-refractivity contribution in [1.29, 1.82) is 0 Å². The zero-order chi connectivity index (χ0) is 26.1. The van der Waals surface area contributed by atoms with Crippen LogP contribution in [0.15, 0.2) is 78.1 Å². The summed E-state index contributed by atoms with van der Waals surface area (Å²) in [6.45, 7) is 8.94. The maximum Gasteiger partial charge on any atom is 0.150 e. The standard InChI is InChI=1S/C26H33NO4.C2H4.CH4O/c1-31-26-8-3-2-5-22(26)17-24(19-29)21-6-4-7-25(30)23(10-9-21)18-27-14-11-20(12-15-27)13-16-28;2*1-2/h2-5,7-9,17,19-20,28,30H,6,10-16,18H2,1H3;1-2H2;2H,1H3/b7-4-,21-9+,24-17+,25-23-;;. The van der Waals surface area contributed by atoms with E-state index in [1.54, 1.807) is 13.2 Å². The summed E-state index contributed by atoms with van der Waals surface area (Å²) in [6, 6.07) is 7.63. The topological polar surface area (TPSA) is 90.2 Å². The Balaban J connectivity index is 0.00000145. The van der Waals surface area contributed by atoms with Crippen LogP contribution in [0.1, 0.15) is 37.7 Å². The van der Waals surface area contributed by atoms with Crippen LogP contribution in [0.25, 0.3) is 6.08 Å². The molecule has 0 radical (unpaired) electrons. The molecule has 0 unspecified atom stereocenters. The zero-order valence-corrected chi connectivity index (χ0v) is 21.2. The Kier molecular flexibility index (Phi) is 15.0. The molecule has 192 valence electrons. The SMILES string of the molecule is C=C.CO.COc1ccccc1/C=C(C=O)/C1=C/C/C(CN2CCC(CCO)CC2)=C(O)\C=C/C1. The number of piperidine rings is 1. The summed E-state index contributed by atoms with van der Waals surface area (Å²) < 4.78 is 5.41. The number of nitrogens with zero attached hydrogens (tertiary/aromatic N) is 1. The lowest BCUT2D eigenvalue weighted by atomic mass is 9.92. The number of para-hydroxylation sites is 1. The van der Waals surface area contributed by atoms with Gasteiger partial charge in [0.05, 0.1) is 7.11 Å². The van der Waals surface area contributed by atoms with Crippen molar-refractivity contribution in [1.82, 2.24) is 4.90 Å². The number of likely N-dealkylation sites (tertiary alicyclic amines) is 1. The summed E-state index contributed by atoms with van der Waals surface area (Å²) in [5, 5.41) is 26.7. The molecule has 0 bridgehead atoms. The van der Waals surface area contributed by atoms with Crippen LogP contribution >= 0.6 is 0 Å². The van der Waals surface area contributed by atoms with Crippen molar-refractivity contribution in [3.05, 3.63) is 83.7 Å². The highest BCUT2D eigenvalue weighted by molar-refractivity contribution is 5.88. The van der Waals surface area contributed by atoms with E-state index in [2.05, 4.69) is 24.1 Å². The molecule has 1 heterocycles. The molecule has 1 fully saturated rings. The van der Waals surface area contributed by atoms with E-state index in [9.17, 15) is 9.90 Å². The Morgan fingerprint density at radius 1 is 1.17 bits per heavy atom. The molecule has 1 saturated heterocycles. The molecule has 0 spiro atoms. The number of methoxy groups -OCH3 is 1. The first-order chi connectivity index (χ1) is 17.1. The van der Waals surface area contributed by atoms with Crippen molar-refractivity contribution in [2.24, 2.45) is 5.92 Å². The third-order valence-electron chi connectivity index (χ3n) is 6.18. The van der Waals surface area contributed by atoms with Crippen LogP contribution < -0.4 is 4.74 Å². The number of hydrogen-bond acceptors (Lipinski definition) is 6. The van der Waals surface area contributed by atoms with Crippen LogP contribution in [0, 0.1) is 5.92 Å². The van der Waals surface area contributed by atoms with Gasteiger partial charge in [0.15, 0.2) is 0 Å². The Labute approximate surface area is 210 Å². The summed E-state index contributed by atoms with van der Waals surface area (Å²) in [6.07, 6.45) is 12.7. The minimum atomic E-state index is 0.260. The van der Waals surface area contributed by atoms with Gasteiger partial charge in [-0.25, -0.2) is 0 Å². The number of aliphatic hydroxyl groups excluding tert-OH is 3. The summed E-state index contributed by atoms with van der Waals surface area (Å²) in [5.74, 6) is 1.66. The van der Waals surface area contributed by atoms with Crippen molar-refractivity contribution < 1.29 is 24.9 Å². The number of hydrogen-bond donors (Lipinski definition) is 3. The minimum absolute atomic E-state index is 0.260. The first-order valence-electron chi connectivity index (χ1n) is 12.0. The van der Waals surface area contributed by atoms with Gasteiger partial charge in [0.2, 0.25) is 0 Å². The largest absolute Gasteiger partial charge is 0.508 e. The quantitative estimate of drug-likeness (QED) is 0.278. The molecular formula is C29H41NO5. The van der Waals surface area contributed by atoms with Crippen LogP contribution in [-0.2, 0) is 4.79 Å². The first kappa shape index (κ1) is 30.1. The monoisotopic (exact) mass is 483 g/mol. The number of aliphatic hydroxyl groups is 3. The molecule has 3 rings (SSSR count). The first-order valence-corrected chi connectivity index (χ1v) is 12.0. The molecule has 3 N–H and O–H groups in total. The molecule has 6 nitrogen and oxygen atoms in total. The van der Waals surface area contributed by atoms with Crippen LogP contribution in [0.4, 0.5) is 0 Å². The fourth-order valence-electron chi connectivity index (χ4n) is 4.27. The average molecular weight is 484 g/mol. The normalized spacial score (nSPS) is 21.6. The van der Waals surface area contributed by atoms with E-state index in [1.807, 2.05) is 36.4 Å². The molecule has 1 aliphatic carbocycles. The van der Waals surface area contributed by atoms with E-state index >= 15 is 0 Å². The number of carbonyl (C=O) groups excluding carboxylic acids is 1. The van der Waals surface area contributed by atoms with Gasteiger partial charge in [-0.2, -0.15) is 0 Å². The van der Waals surface area contributed by atoms with Crippen LogP contribution in [0.5, 0.6) is 5.75 Å². The van der Waals surface area contributed by atoms with Crippen LogP contribution in [0.3, 0.4) is 0 Å². The lowest BCUT2D eigenvalue weighted by molar-refractivity contribution is -0.104. The predicted molar refractivity (Wildman–Crippen MR) is 143 cm³/mol. The van der Waals surface area contributed by atoms with Gasteiger partial charge < -0.3 is 20.1 Å². The second kappa shape index (κ2) is 17.5. The van der Waals surface area contributed by atoms with E-state index in [1.165, 1.54) is 0 Å². The van der Waals surface area contributed by atoms with E-state index in [0.29, 0.717) is 30.1 Å². The fraction of sp³-hybridized carbons (Fsp3) is 0.414. The molecule has 6 heteroatoms. The maximum absolute atomic E-state index is 11.9. The van der Waals surface area contributed by atoms with Gasteiger partial charge in [-0.1, -0.05) is 30.4 Å². The highest BCUT2D eigenvalue weighted by Gasteiger charge is 2.20. The molecule has 0 saturated carbocycles. The molecule has 2 aliphatic rings. The average Bonchev–Trinajstić information content (AvgIpc) is 2.91. The molecule has 1 aliphatic heterocycles. The van der Waals surface area contributed by atoms with Gasteiger partial charge >= 0.3 is 0 Å². The highest BCUT2D eigenvalue weighted by Crippen LogP contribution is 2.27. The zero-order valence-electron chi connectivity index (χ0n) is 21.2. The van der Waals surface area contributed by atoms with Crippen molar-refractivity contribution in [3.8, 4) is 5.75 Å². The van der Waals surface area contributed by atoms with E-state index < -0.39 is 0 Å². The second-order valence-corrected chi connectivity index (χ2v) is 8.22. The molecule has 0 atom stereocenters. The lowest BCUT2D eigenvalue weighted by Crippen LogP contribution is -2.35. The van der Waals surface area contributed by atoms with Crippen molar-refractivity contribution >= 4 is 12.4 Å². The minimum Gasteiger partial charge on any atom is -0.508 e. The van der Waals surface area contributed by atoms with Crippen LogP contribution in [-0.4, -0.2) is 67.0 Å². The molecule has 0 amide bonds. The molecule has 1 aromatic rings. The summed E-state index contributed by atoms with van der Waals surface area (Å²) in [7, 11) is 2.62. The van der Waals surface area contributed by atoms with Gasteiger partial charge in [-0.3, -0.25) is 9.69 Å². The molecule has 0 aromatic heterocycles. The fourth-order valence-corrected chi connectivity index (χ4v) is 4.27. The molecule has 35 heavy (non-hydrogen) atoms. The summed E-state index contributed by atoms with van der Waals surface area (Å²) in [4.78, 5) is 14.3. The van der Waals surface area contributed by atoms with Gasteiger partial charge in [0, 0.05) is 31.4 Å². The number of rotatable bonds is 8. The predicted octanol–water partition coefficient (Wildman–Crippen LogP) is 4.87. The molecule has 1 aromatic carbocycles. The Morgan fingerprint density at radius 3 is 2.49 bits per heavy atom. The van der Waals surface area contributed by atoms with E-state index in [0.717, 1.165) is 74.8 Å². The number of allylic oxidation sites excluding steroid dienone is 5. The van der Waals surface area contributed by atoms with Gasteiger partial charge in [-0.15, -0.1) is 13.2 Å². The number of aldehydes is 1. The summed E-state index contributed by atoms with van der Waals surface area (Å²) >= 11 is 0. The second-order valence-electron chi connectivity index (χ2n) is 8.22. The number of ether oxygens (including phenoxy) is 1. The van der Waals surface area contributed by atoms with E-state index in [-0.39, 0.29) is 6.61 Å². The molecular weight excluding hydrogens is 442 g/mol. The van der Waals surface area contributed by atoms with Crippen molar-refractivity contribution in [3.63, 3.8) is 0 Å². The van der Waals surface area contributed by atoms with Crippen molar-refractivity contribution in [2.45, 2.75) is 32.1 Å². The smallest absolute Gasteiger partial charge is 0.150 e. The van der Waals surface area contributed by atoms with Crippen LogP contribution in [0.2, 0.25) is 0 Å². The Morgan fingerprint density at radius 2 is 1.86 bits per heavy atom. The Bertz CT molecular complexity index is 892. The Hall–Kier alpha value is -2.93. The number of benzene rings is 1. The van der Waals surface area contributed by atoms with Crippen molar-refractivity contribution in [2.75, 3.05) is 40.5 Å². The lowest BCUT2D eigenvalue weighted by Gasteiger charge is -2.32. The number of carbonyl (C=O) groups is 1. The van der Waals surface area contributed by atoms with E-state index in [4.69, 9.17) is 14.9 Å². The highest BCUT2D eigenvalue weighted by atomic mass is 16.5.